The molecule has 122 valence electrons. The highest BCUT2D eigenvalue weighted by Gasteiger charge is 2.43. The number of hydrogen-bond donors (Lipinski definition) is 5. The first-order valence-corrected chi connectivity index (χ1v) is 6.57. The van der Waals surface area contributed by atoms with Crippen molar-refractivity contribution < 1.29 is 39.5 Å². The van der Waals surface area contributed by atoms with Gasteiger partial charge in [-0.05, 0) is 6.42 Å². The Labute approximate surface area is 121 Å². The van der Waals surface area contributed by atoms with Crippen LogP contribution in [0.3, 0.4) is 0 Å². The van der Waals surface area contributed by atoms with E-state index < -0.39 is 49.1 Å². The van der Waals surface area contributed by atoms with E-state index in [1.165, 1.54) is 7.11 Å². The molecule has 1 aliphatic heterocycles. The lowest BCUT2D eigenvalue weighted by Crippen LogP contribution is -2.63. The molecule has 1 heterocycles. The van der Waals surface area contributed by atoms with Crippen LogP contribution in [0.5, 0.6) is 0 Å². The molecular formula is C12H21NO8. The Morgan fingerprint density at radius 2 is 1.81 bits per heavy atom. The number of rotatable bonds is 6. The molecule has 5 N–H and O–H groups in total. The molecule has 1 rings (SSSR count). The number of hydrogen-bond acceptors (Lipinski definition) is 8. The lowest BCUT2D eigenvalue weighted by Gasteiger charge is -2.40. The number of amides is 1. The van der Waals surface area contributed by atoms with Crippen molar-refractivity contribution in [1.29, 1.82) is 0 Å². The van der Waals surface area contributed by atoms with Crippen molar-refractivity contribution in [2.75, 3.05) is 13.7 Å². The summed E-state index contributed by atoms with van der Waals surface area (Å²) in [4.78, 5) is 22.5. The summed E-state index contributed by atoms with van der Waals surface area (Å²) in [5.41, 5.74) is 0. The van der Waals surface area contributed by atoms with Crippen LogP contribution in [-0.2, 0) is 19.1 Å². The number of nitrogens with one attached hydrogen (secondary N) is 1. The first-order chi connectivity index (χ1) is 9.90. The molecule has 0 bridgehead atoms. The minimum Gasteiger partial charge on any atom is -0.469 e. The smallest absolute Gasteiger partial charge is 0.305 e. The number of aliphatic hydroxyl groups is 4. The Hall–Kier alpha value is -1.26. The monoisotopic (exact) mass is 307 g/mol. The van der Waals surface area contributed by atoms with Crippen LogP contribution in [0.15, 0.2) is 0 Å². The average Bonchev–Trinajstić information content (AvgIpc) is 2.47. The molecule has 0 aromatic rings. The minimum absolute atomic E-state index is 0.00409. The molecule has 1 saturated heterocycles. The summed E-state index contributed by atoms with van der Waals surface area (Å²) < 4.78 is 9.55. The van der Waals surface area contributed by atoms with Crippen molar-refractivity contribution in [2.45, 2.75) is 49.9 Å². The SMILES string of the molecule is COC(=O)CCCC(=O)N[C@H]1O[C@H](CO)[C@@H](O)[C@H](O)[C@H]1O. The highest BCUT2D eigenvalue weighted by Crippen LogP contribution is 2.19. The van der Waals surface area contributed by atoms with E-state index in [1.807, 2.05) is 0 Å². The lowest BCUT2D eigenvalue weighted by molar-refractivity contribution is -0.236. The molecule has 0 radical (unpaired) electrons. The first-order valence-electron chi connectivity index (χ1n) is 6.57. The van der Waals surface area contributed by atoms with Crippen molar-refractivity contribution in [3.8, 4) is 0 Å². The van der Waals surface area contributed by atoms with Gasteiger partial charge in [-0.2, -0.15) is 0 Å². The fourth-order valence-corrected chi connectivity index (χ4v) is 1.95. The predicted octanol–water partition coefficient (Wildman–Crippen LogP) is -2.75. The van der Waals surface area contributed by atoms with Crippen molar-refractivity contribution in [2.24, 2.45) is 0 Å². The Bertz CT molecular complexity index is 361. The van der Waals surface area contributed by atoms with E-state index in [4.69, 9.17) is 9.84 Å². The van der Waals surface area contributed by atoms with Gasteiger partial charge >= 0.3 is 5.97 Å². The zero-order valence-electron chi connectivity index (χ0n) is 11.6. The maximum absolute atomic E-state index is 11.6. The van der Waals surface area contributed by atoms with Crippen LogP contribution in [0.25, 0.3) is 0 Å². The fraction of sp³-hybridized carbons (Fsp3) is 0.833. The van der Waals surface area contributed by atoms with Gasteiger partial charge in [0.15, 0.2) is 6.23 Å². The second-order valence-electron chi connectivity index (χ2n) is 4.75. The highest BCUT2D eigenvalue weighted by atomic mass is 16.6. The molecular weight excluding hydrogens is 286 g/mol. The molecule has 0 spiro atoms. The highest BCUT2D eigenvalue weighted by molar-refractivity contribution is 5.77. The Balaban J connectivity index is 2.45. The van der Waals surface area contributed by atoms with E-state index in [2.05, 4.69) is 10.1 Å². The van der Waals surface area contributed by atoms with Crippen molar-refractivity contribution in [3.63, 3.8) is 0 Å². The van der Waals surface area contributed by atoms with Crippen LogP contribution < -0.4 is 5.32 Å². The lowest BCUT2D eigenvalue weighted by atomic mass is 9.98. The van der Waals surface area contributed by atoms with Gasteiger partial charge in [0.25, 0.3) is 0 Å². The van der Waals surface area contributed by atoms with Gasteiger partial charge in [-0.15, -0.1) is 0 Å². The van der Waals surface area contributed by atoms with Crippen LogP contribution in [0.2, 0.25) is 0 Å². The summed E-state index contributed by atoms with van der Waals surface area (Å²) in [5, 5.41) is 40.2. The summed E-state index contributed by atoms with van der Waals surface area (Å²) >= 11 is 0. The Kier molecular flexibility index (Phi) is 6.99. The molecule has 0 saturated carbocycles. The molecule has 1 aliphatic rings. The van der Waals surface area contributed by atoms with Gasteiger partial charge in [-0.3, -0.25) is 9.59 Å². The summed E-state index contributed by atoms with van der Waals surface area (Å²) in [7, 11) is 1.25. The first kappa shape index (κ1) is 17.8. The quantitative estimate of drug-likeness (QED) is 0.332. The predicted molar refractivity (Wildman–Crippen MR) is 67.8 cm³/mol. The third-order valence-corrected chi connectivity index (χ3v) is 3.21. The molecule has 21 heavy (non-hydrogen) atoms. The topological polar surface area (TPSA) is 146 Å². The molecule has 1 amide bonds. The van der Waals surface area contributed by atoms with Crippen LogP contribution in [0.1, 0.15) is 19.3 Å². The van der Waals surface area contributed by atoms with Gasteiger partial charge in [-0.25, -0.2) is 0 Å². The zero-order chi connectivity index (χ0) is 16.0. The van der Waals surface area contributed by atoms with Crippen LogP contribution in [0.4, 0.5) is 0 Å². The van der Waals surface area contributed by atoms with Crippen molar-refractivity contribution >= 4 is 11.9 Å². The normalized spacial score (nSPS) is 32.5. The summed E-state index contributed by atoms with van der Waals surface area (Å²) in [5.74, 6) is -0.932. The average molecular weight is 307 g/mol. The second-order valence-corrected chi connectivity index (χ2v) is 4.75. The van der Waals surface area contributed by atoms with Crippen LogP contribution in [-0.4, -0.2) is 76.7 Å². The third kappa shape index (κ3) is 4.90. The molecule has 1 fully saturated rings. The molecule has 5 atom stereocenters. The number of methoxy groups -OCH3 is 1. The van der Waals surface area contributed by atoms with Crippen molar-refractivity contribution in [1.82, 2.24) is 5.32 Å². The van der Waals surface area contributed by atoms with Crippen LogP contribution in [0, 0.1) is 0 Å². The van der Waals surface area contributed by atoms with Crippen LogP contribution >= 0.6 is 0 Å². The molecule has 9 heteroatoms. The second kappa shape index (κ2) is 8.25. The Morgan fingerprint density at radius 1 is 1.14 bits per heavy atom. The fourth-order valence-electron chi connectivity index (χ4n) is 1.95. The maximum Gasteiger partial charge on any atom is 0.305 e. The zero-order valence-corrected chi connectivity index (χ0v) is 11.6. The van der Waals surface area contributed by atoms with E-state index in [-0.39, 0.29) is 19.3 Å². The van der Waals surface area contributed by atoms with Gasteiger partial charge < -0.3 is 35.2 Å². The van der Waals surface area contributed by atoms with Gasteiger partial charge in [-0.1, -0.05) is 0 Å². The summed E-state index contributed by atoms with van der Waals surface area (Å²) in [6, 6.07) is 0. The number of aliphatic hydroxyl groups excluding tert-OH is 4. The van der Waals surface area contributed by atoms with E-state index >= 15 is 0 Å². The van der Waals surface area contributed by atoms with E-state index in [9.17, 15) is 24.9 Å². The number of carbonyl (C=O) groups is 2. The van der Waals surface area contributed by atoms with E-state index in [0.29, 0.717) is 0 Å². The molecule has 9 nitrogen and oxygen atoms in total. The van der Waals surface area contributed by atoms with Gasteiger partial charge in [0, 0.05) is 12.8 Å². The largest absolute Gasteiger partial charge is 0.469 e. The molecule has 0 unspecified atom stereocenters. The van der Waals surface area contributed by atoms with E-state index in [0.717, 1.165) is 0 Å². The third-order valence-electron chi connectivity index (χ3n) is 3.21. The molecule has 0 aliphatic carbocycles. The van der Waals surface area contributed by atoms with Crippen molar-refractivity contribution in [3.05, 3.63) is 0 Å². The standard InChI is InChI=1S/C12H21NO8/c1-20-8(16)4-2-3-7(15)13-12-11(19)10(18)9(17)6(5-14)21-12/h6,9-12,14,17-19H,2-5H2,1H3,(H,13,15)/t6-,9-,10+,11-,12+/m1/s1. The number of ether oxygens (including phenoxy) is 2. The summed E-state index contributed by atoms with van der Waals surface area (Å²) in [6.45, 7) is -0.570. The Morgan fingerprint density at radius 3 is 2.38 bits per heavy atom. The van der Waals surface area contributed by atoms with E-state index in [1.54, 1.807) is 0 Å². The maximum atomic E-state index is 11.6. The van der Waals surface area contributed by atoms with Gasteiger partial charge in [0.05, 0.1) is 13.7 Å². The number of esters is 1. The summed E-state index contributed by atoms with van der Waals surface area (Å²) in [6.07, 6.45) is -6.52. The van der Waals surface area contributed by atoms with Gasteiger partial charge in [0.1, 0.15) is 24.4 Å². The molecule has 0 aromatic heterocycles. The number of carbonyl (C=O) groups excluding carboxylic acids is 2. The van der Waals surface area contributed by atoms with Gasteiger partial charge in [0.2, 0.25) is 5.91 Å². The minimum atomic E-state index is -1.55. The molecule has 0 aromatic carbocycles.